The highest BCUT2D eigenvalue weighted by molar-refractivity contribution is 7.89. The zero-order chi connectivity index (χ0) is 16.0. The van der Waals surface area contributed by atoms with Crippen LogP contribution >= 0.6 is 0 Å². The Kier molecular flexibility index (Phi) is 4.01. The van der Waals surface area contributed by atoms with Gasteiger partial charge in [-0.2, -0.15) is 4.31 Å². The SMILES string of the molecule is CC1OC2(CCN(C)CC2)CN1S(=O)(=O)c1ccc(F)cc1. The van der Waals surface area contributed by atoms with E-state index in [0.29, 0.717) is 6.54 Å². The van der Waals surface area contributed by atoms with Crippen molar-refractivity contribution < 1.29 is 17.5 Å². The number of piperidine rings is 1. The van der Waals surface area contributed by atoms with E-state index >= 15 is 0 Å². The molecule has 0 amide bonds. The van der Waals surface area contributed by atoms with E-state index in [1.54, 1.807) is 6.92 Å². The van der Waals surface area contributed by atoms with Crippen LogP contribution in [0.3, 0.4) is 0 Å². The molecule has 1 unspecified atom stereocenters. The van der Waals surface area contributed by atoms with Crippen molar-refractivity contribution in [1.82, 2.24) is 9.21 Å². The van der Waals surface area contributed by atoms with Crippen LogP contribution in [0, 0.1) is 5.82 Å². The standard InChI is InChI=1S/C15H21FN2O3S/c1-12-18(11-15(21-12)7-9-17(2)10-8-15)22(19,20)14-5-3-13(16)4-6-14/h3-6,12H,7-11H2,1-2H3. The number of sulfonamides is 1. The minimum Gasteiger partial charge on any atom is -0.354 e. The fourth-order valence-electron chi connectivity index (χ4n) is 3.19. The molecule has 1 aromatic rings. The molecule has 2 aliphatic heterocycles. The normalized spacial score (nSPS) is 26.6. The first-order valence-corrected chi connectivity index (χ1v) is 8.90. The van der Waals surface area contributed by atoms with Crippen LogP contribution in [0.2, 0.25) is 0 Å². The van der Waals surface area contributed by atoms with E-state index in [0.717, 1.165) is 25.9 Å². The third-order valence-electron chi connectivity index (χ3n) is 4.59. The van der Waals surface area contributed by atoms with Gasteiger partial charge in [0.2, 0.25) is 10.0 Å². The topological polar surface area (TPSA) is 49.9 Å². The van der Waals surface area contributed by atoms with E-state index in [9.17, 15) is 12.8 Å². The van der Waals surface area contributed by atoms with Crippen LogP contribution in [0.25, 0.3) is 0 Å². The minimum atomic E-state index is -3.67. The molecule has 2 heterocycles. The lowest BCUT2D eigenvalue weighted by atomic mass is 9.92. The number of hydrogen-bond donors (Lipinski definition) is 0. The minimum absolute atomic E-state index is 0.106. The van der Waals surface area contributed by atoms with Crippen molar-refractivity contribution >= 4 is 10.0 Å². The molecule has 3 rings (SSSR count). The maximum Gasteiger partial charge on any atom is 0.245 e. The van der Waals surface area contributed by atoms with Gasteiger partial charge in [-0.25, -0.2) is 12.8 Å². The third kappa shape index (κ3) is 2.78. The molecule has 1 aromatic carbocycles. The zero-order valence-electron chi connectivity index (χ0n) is 12.8. The summed E-state index contributed by atoms with van der Waals surface area (Å²) in [6.07, 6.45) is 1.14. The summed E-state index contributed by atoms with van der Waals surface area (Å²) in [5.41, 5.74) is -0.390. The Morgan fingerprint density at radius 1 is 1.23 bits per heavy atom. The molecule has 0 N–H and O–H groups in total. The quantitative estimate of drug-likeness (QED) is 0.828. The monoisotopic (exact) mass is 328 g/mol. The van der Waals surface area contributed by atoms with Crippen molar-refractivity contribution in [3.05, 3.63) is 30.1 Å². The molecule has 0 bridgehead atoms. The fraction of sp³-hybridized carbons (Fsp3) is 0.600. The summed E-state index contributed by atoms with van der Waals surface area (Å²) >= 11 is 0. The van der Waals surface area contributed by atoms with Gasteiger partial charge in [0, 0.05) is 19.6 Å². The van der Waals surface area contributed by atoms with Crippen molar-refractivity contribution in [1.29, 1.82) is 0 Å². The predicted molar refractivity (Wildman–Crippen MR) is 80.3 cm³/mol. The molecule has 2 fully saturated rings. The molecular weight excluding hydrogens is 307 g/mol. The number of nitrogens with zero attached hydrogens (tertiary/aromatic N) is 2. The Morgan fingerprint density at radius 3 is 2.41 bits per heavy atom. The van der Waals surface area contributed by atoms with Crippen LogP contribution < -0.4 is 0 Å². The lowest BCUT2D eigenvalue weighted by Crippen LogP contribution is -2.46. The van der Waals surface area contributed by atoms with Crippen molar-refractivity contribution in [2.45, 2.75) is 36.5 Å². The van der Waals surface area contributed by atoms with E-state index in [1.807, 2.05) is 0 Å². The highest BCUT2D eigenvalue weighted by Crippen LogP contribution is 2.37. The number of likely N-dealkylation sites (tertiary alicyclic amines) is 1. The molecule has 1 atom stereocenters. The molecule has 2 saturated heterocycles. The number of hydrogen-bond acceptors (Lipinski definition) is 4. The number of halogens is 1. The van der Waals surface area contributed by atoms with Gasteiger partial charge in [-0.1, -0.05) is 0 Å². The molecule has 0 saturated carbocycles. The molecule has 0 aliphatic carbocycles. The average Bonchev–Trinajstić information content (AvgIpc) is 2.81. The van der Waals surface area contributed by atoms with Crippen LogP contribution in [0.1, 0.15) is 19.8 Å². The highest BCUT2D eigenvalue weighted by Gasteiger charge is 2.49. The summed E-state index contributed by atoms with van der Waals surface area (Å²) < 4.78 is 46.0. The van der Waals surface area contributed by atoms with Crippen LogP contribution in [-0.4, -0.2) is 56.1 Å². The Hall–Kier alpha value is -1.02. The predicted octanol–water partition coefficient (Wildman–Crippen LogP) is 1.66. The first-order chi connectivity index (χ1) is 10.3. The van der Waals surface area contributed by atoms with Gasteiger partial charge in [0.1, 0.15) is 12.0 Å². The molecule has 2 aliphatic rings. The van der Waals surface area contributed by atoms with Gasteiger partial charge in [0.25, 0.3) is 0 Å². The molecule has 22 heavy (non-hydrogen) atoms. The van der Waals surface area contributed by atoms with Gasteiger partial charge in [-0.05, 0) is 51.1 Å². The summed E-state index contributed by atoms with van der Waals surface area (Å²) in [5, 5.41) is 0. The molecule has 0 radical (unpaired) electrons. The summed E-state index contributed by atoms with van der Waals surface area (Å²) in [5.74, 6) is -0.448. The summed E-state index contributed by atoms with van der Waals surface area (Å²) in [4.78, 5) is 2.32. The van der Waals surface area contributed by atoms with Crippen LogP contribution in [0.5, 0.6) is 0 Å². The van der Waals surface area contributed by atoms with Crippen molar-refractivity contribution in [3.63, 3.8) is 0 Å². The molecule has 5 nitrogen and oxygen atoms in total. The van der Waals surface area contributed by atoms with Gasteiger partial charge in [-0.15, -0.1) is 0 Å². The Labute approximate surface area is 130 Å². The van der Waals surface area contributed by atoms with Crippen LogP contribution in [-0.2, 0) is 14.8 Å². The molecule has 122 valence electrons. The lowest BCUT2D eigenvalue weighted by molar-refractivity contribution is -0.0690. The Morgan fingerprint density at radius 2 is 1.82 bits per heavy atom. The second-order valence-corrected chi connectivity index (χ2v) is 8.10. The molecule has 0 aromatic heterocycles. The maximum atomic E-state index is 13.0. The van der Waals surface area contributed by atoms with E-state index < -0.39 is 22.1 Å². The average molecular weight is 328 g/mol. The van der Waals surface area contributed by atoms with E-state index in [2.05, 4.69) is 11.9 Å². The molecule has 7 heteroatoms. The van der Waals surface area contributed by atoms with E-state index in [4.69, 9.17) is 4.74 Å². The largest absolute Gasteiger partial charge is 0.354 e. The van der Waals surface area contributed by atoms with E-state index in [1.165, 1.54) is 28.6 Å². The van der Waals surface area contributed by atoms with Crippen molar-refractivity contribution in [3.8, 4) is 0 Å². The smallest absolute Gasteiger partial charge is 0.245 e. The summed E-state index contributed by atoms with van der Waals surface area (Å²) in [7, 11) is -1.61. The zero-order valence-corrected chi connectivity index (χ0v) is 13.6. The van der Waals surface area contributed by atoms with Crippen LogP contribution in [0.15, 0.2) is 29.2 Å². The number of ether oxygens (including phenoxy) is 1. The highest BCUT2D eigenvalue weighted by atomic mass is 32.2. The third-order valence-corrected chi connectivity index (χ3v) is 6.50. The first-order valence-electron chi connectivity index (χ1n) is 7.46. The van der Waals surface area contributed by atoms with Gasteiger partial charge in [-0.3, -0.25) is 0 Å². The van der Waals surface area contributed by atoms with Crippen molar-refractivity contribution in [2.75, 3.05) is 26.7 Å². The lowest BCUT2D eigenvalue weighted by Gasteiger charge is -2.36. The summed E-state index contributed by atoms with van der Waals surface area (Å²) in [6.45, 7) is 3.92. The van der Waals surface area contributed by atoms with Gasteiger partial charge < -0.3 is 9.64 Å². The Balaban J connectivity index is 1.84. The Bertz CT molecular complexity index is 639. The first kappa shape index (κ1) is 15.9. The second-order valence-electron chi connectivity index (χ2n) is 6.21. The molecular formula is C15H21FN2O3S. The van der Waals surface area contributed by atoms with Gasteiger partial charge in [0.05, 0.1) is 10.5 Å². The van der Waals surface area contributed by atoms with Crippen molar-refractivity contribution in [2.24, 2.45) is 0 Å². The fourth-order valence-corrected chi connectivity index (χ4v) is 4.78. The van der Waals surface area contributed by atoms with Crippen LogP contribution in [0.4, 0.5) is 4.39 Å². The maximum absolute atomic E-state index is 13.0. The number of benzene rings is 1. The molecule has 1 spiro atoms. The summed E-state index contributed by atoms with van der Waals surface area (Å²) in [6, 6.07) is 4.94. The second kappa shape index (κ2) is 5.56. The van der Waals surface area contributed by atoms with E-state index in [-0.39, 0.29) is 10.5 Å². The van der Waals surface area contributed by atoms with Gasteiger partial charge in [0.15, 0.2) is 0 Å². The number of rotatable bonds is 2. The van der Waals surface area contributed by atoms with Gasteiger partial charge >= 0.3 is 0 Å².